The Kier molecular flexibility index (Phi) is 5.56. The maximum absolute atomic E-state index is 12.7. The Morgan fingerprint density at radius 1 is 1.14 bits per heavy atom. The molecule has 0 unspecified atom stereocenters. The van der Waals surface area contributed by atoms with Gasteiger partial charge in [0.2, 0.25) is 0 Å². The zero-order chi connectivity index (χ0) is 20.1. The van der Waals surface area contributed by atoms with Crippen LogP contribution < -0.4 is 14.8 Å². The number of ether oxygens (including phenoxy) is 2. The highest BCUT2D eigenvalue weighted by molar-refractivity contribution is 5.93. The lowest BCUT2D eigenvalue weighted by Crippen LogP contribution is -2.41. The number of likely N-dealkylation sites (N-methyl/N-ethyl adjacent to an activating group) is 1. The summed E-state index contributed by atoms with van der Waals surface area (Å²) in [6.07, 6.45) is 4.87. The molecule has 0 spiro atoms. The first-order chi connectivity index (χ1) is 14.2. The molecule has 3 aromatic rings. The highest BCUT2D eigenvalue weighted by atomic mass is 16.6. The molecule has 0 aliphatic carbocycles. The first-order valence-electron chi connectivity index (χ1n) is 9.42. The molecule has 1 aliphatic heterocycles. The lowest BCUT2D eigenvalue weighted by atomic mass is 10.2. The zero-order valence-corrected chi connectivity index (χ0v) is 16.1. The first-order valence-corrected chi connectivity index (χ1v) is 9.42. The molecule has 0 bridgehead atoms. The number of para-hydroxylation sites is 2. The van der Waals surface area contributed by atoms with Crippen LogP contribution in [-0.4, -0.2) is 47.1 Å². The van der Waals surface area contributed by atoms with Crippen molar-refractivity contribution >= 4 is 11.7 Å². The van der Waals surface area contributed by atoms with E-state index in [1.807, 2.05) is 36.4 Å². The fraction of sp³-hybridized carbons (Fsp3) is 0.227. The molecule has 1 N–H and O–H groups in total. The van der Waals surface area contributed by atoms with Crippen LogP contribution in [0.1, 0.15) is 15.9 Å². The second-order valence-electron chi connectivity index (χ2n) is 6.82. The van der Waals surface area contributed by atoms with E-state index in [1.54, 1.807) is 42.7 Å². The monoisotopic (exact) mass is 390 g/mol. The van der Waals surface area contributed by atoms with Gasteiger partial charge < -0.3 is 19.7 Å². The molecule has 1 aliphatic rings. The SMILES string of the molecule is CN(C[C@@H]1COc2ccccc2O1)C(=O)c1ccc(NCc2ccncc2)nc1. The van der Waals surface area contributed by atoms with Crippen LogP contribution in [-0.2, 0) is 6.54 Å². The summed E-state index contributed by atoms with van der Waals surface area (Å²) in [5.74, 6) is 2.04. The molecule has 29 heavy (non-hydrogen) atoms. The van der Waals surface area contributed by atoms with Gasteiger partial charge in [-0.2, -0.15) is 0 Å². The van der Waals surface area contributed by atoms with E-state index < -0.39 is 0 Å². The predicted molar refractivity (Wildman–Crippen MR) is 109 cm³/mol. The van der Waals surface area contributed by atoms with Crippen molar-refractivity contribution in [3.05, 3.63) is 78.2 Å². The molecule has 0 radical (unpaired) electrons. The summed E-state index contributed by atoms with van der Waals surface area (Å²) in [4.78, 5) is 22.7. The molecule has 3 heterocycles. The first kappa shape index (κ1) is 18.7. The number of pyridine rings is 2. The zero-order valence-electron chi connectivity index (χ0n) is 16.1. The average Bonchev–Trinajstić information content (AvgIpc) is 2.78. The third kappa shape index (κ3) is 4.63. The van der Waals surface area contributed by atoms with Crippen LogP contribution in [0.15, 0.2) is 67.1 Å². The molecule has 4 rings (SSSR count). The minimum atomic E-state index is -0.215. The summed E-state index contributed by atoms with van der Waals surface area (Å²) in [6.45, 7) is 1.48. The molecular weight excluding hydrogens is 368 g/mol. The Balaban J connectivity index is 1.32. The Hall–Kier alpha value is -3.61. The van der Waals surface area contributed by atoms with Crippen molar-refractivity contribution in [2.75, 3.05) is 25.5 Å². The van der Waals surface area contributed by atoms with E-state index >= 15 is 0 Å². The standard InChI is InChI=1S/C22H22N4O3/c1-26(14-18-15-28-19-4-2-3-5-20(19)29-18)22(27)17-6-7-21(25-13-17)24-12-16-8-10-23-11-9-16/h2-11,13,18H,12,14-15H2,1H3,(H,24,25)/t18-/m1/s1. The molecule has 2 aromatic heterocycles. The lowest BCUT2D eigenvalue weighted by molar-refractivity contribution is 0.0520. The number of benzene rings is 1. The molecule has 7 nitrogen and oxygen atoms in total. The van der Waals surface area contributed by atoms with Crippen molar-refractivity contribution in [1.82, 2.24) is 14.9 Å². The highest BCUT2D eigenvalue weighted by Crippen LogP contribution is 2.31. The maximum Gasteiger partial charge on any atom is 0.255 e. The van der Waals surface area contributed by atoms with Crippen LogP contribution in [0.2, 0.25) is 0 Å². The summed E-state index contributed by atoms with van der Waals surface area (Å²) in [7, 11) is 1.75. The minimum Gasteiger partial charge on any atom is -0.486 e. The number of nitrogens with one attached hydrogen (secondary N) is 1. The van der Waals surface area contributed by atoms with E-state index in [-0.39, 0.29) is 12.0 Å². The Morgan fingerprint density at radius 3 is 2.69 bits per heavy atom. The quantitative estimate of drug-likeness (QED) is 0.697. The van der Waals surface area contributed by atoms with Crippen molar-refractivity contribution in [2.24, 2.45) is 0 Å². The molecule has 0 saturated carbocycles. The Labute approximate surface area is 169 Å². The van der Waals surface area contributed by atoms with Gasteiger partial charge in [0, 0.05) is 32.2 Å². The van der Waals surface area contributed by atoms with Gasteiger partial charge >= 0.3 is 0 Å². The van der Waals surface area contributed by atoms with Crippen LogP contribution in [0.25, 0.3) is 0 Å². The molecule has 148 valence electrons. The fourth-order valence-electron chi connectivity index (χ4n) is 3.08. The van der Waals surface area contributed by atoms with Gasteiger partial charge in [0.1, 0.15) is 12.4 Å². The number of amides is 1. The maximum atomic E-state index is 12.7. The molecule has 0 saturated heterocycles. The van der Waals surface area contributed by atoms with Gasteiger partial charge in [-0.3, -0.25) is 9.78 Å². The number of carbonyl (C=O) groups excluding carboxylic acids is 1. The predicted octanol–water partition coefficient (Wildman–Crippen LogP) is 3.00. The van der Waals surface area contributed by atoms with E-state index in [1.165, 1.54) is 0 Å². The van der Waals surface area contributed by atoms with E-state index in [2.05, 4.69) is 15.3 Å². The summed E-state index contributed by atoms with van der Waals surface area (Å²) in [6, 6.07) is 15.0. The Bertz CT molecular complexity index is 963. The smallest absolute Gasteiger partial charge is 0.255 e. The minimum absolute atomic E-state index is 0.111. The van der Waals surface area contributed by atoms with Gasteiger partial charge in [0.05, 0.1) is 12.1 Å². The van der Waals surface area contributed by atoms with Crippen molar-refractivity contribution in [2.45, 2.75) is 12.6 Å². The van der Waals surface area contributed by atoms with Crippen molar-refractivity contribution < 1.29 is 14.3 Å². The topological polar surface area (TPSA) is 76.6 Å². The normalized spacial score (nSPS) is 14.9. The average molecular weight is 390 g/mol. The summed E-state index contributed by atoms with van der Waals surface area (Å²) >= 11 is 0. The van der Waals surface area contributed by atoms with Crippen molar-refractivity contribution in [1.29, 1.82) is 0 Å². The number of fused-ring (bicyclic) bond motifs is 1. The molecule has 7 heteroatoms. The molecule has 1 aromatic carbocycles. The van der Waals surface area contributed by atoms with Gasteiger partial charge in [0.15, 0.2) is 17.6 Å². The van der Waals surface area contributed by atoms with E-state index in [9.17, 15) is 4.79 Å². The molecule has 0 fully saturated rings. The summed E-state index contributed by atoms with van der Waals surface area (Å²) in [5.41, 5.74) is 1.64. The highest BCUT2D eigenvalue weighted by Gasteiger charge is 2.24. The van der Waals surface area contributed by atoms with Crippen LogP contribution in [0, 0.1) is 0 Å². The fourth-order valence-corrected chi connectivity index (χ4v) is 3.08. The number of anilines is 1. The second-order valence-corrected chi connectivity index (χ2v) is 6.82. The van der Waals surface area contributed by atoms with Crippen LogP contribution >= 0.6 is 0 Å². The van der Waals surface area contributed by atoms with Gasteiger partial charge in [-0.15, -0.1) is 0 Å². The number of hydrogen-bond acceptors (Lipinski definition) is 6. The number of nitrogens with zero attached hydrogens (tertiary/aromatic N) is 3. The van der Waals surface area contributed by atoms with Crippen LogP contribution in [0.3, 0.4) is 0 Å². The van der Waals surface area contributed by atoms with Gasteiger partial charge in [-0.1, -0.05) is 12.1 Å². The van der Waals surface area contributed by atoms with E-state index in [4.69, 9.17) is 9.47 Å². The summed E-state index contributed by atoms with van der Waals surface area (Å²) in [5, 5.41) is 3.23. The van der Waals surface area contributed by atoms with Gasteiger partial charge in [-0.05, 0) is 42.0 Å². The number of aromatic nitrogens is 2. The molecule has 1 atom stereocenters. The van der Waals surface area contributed by atoms with E-state index in [0.29, 0.717) is 36.8 Å². The van der Waals surface area contributed by atoms with Crippen molar-refractivity contribution in [3.63, 3.8) is 0 Å². The second kappa shape index (κ2) is 8.60. The molecular formula is C22H22N4O3. The summed E-state index contributed by atoms with van der Waals surface area (Å²) < 4.78 is 11.6. The number of rotatable bonds is 6. The number of carbonyl (C=O) groups is 1. The number of hydrogen-bond donors (Lipinski definition) is 1. The Morgan fingerprint density at radius 2 is 1.93 bits per heavy atom. The van der Waals surface area contributed by atoms with Gasteiger partial charge in [0.25, 0.3) is 5.91 Å². The third-order valence-corrected chi connectivity index (χ3v) is 4.63. The van der Waals surface area contributed by atoms with Gasteiger partial charge in [-0.25, -0.2) is 4.98 Å². The largest absolute Gasteiger partial charge is 0.486 e. The van der Waals surface area contributed by atoms with Crippen LogP contribution in [0.4, 0.5) is 5.82 Å². The van der Waals surface area contributed by atoms with Crippen molar-refractivity contribution in [3.8, 4) is 11.5 Å². The van der Waals surface area contributed by atoms with E-state index in [0.717, 1.165) is 11.3 Å². The lowest BCUT2D eigenvalue weighted by Gasteiger charge is -2.29. The molecule has 1 amide bonds. The van der Waals surface area contributed by atoms with Crippen LogP contribution in [0.5, 0.6) is 11.5 Å². The third-order valence-electron chi connectivity index (χ3n) is 4.63.